The third-order valence-corrected chi connectivity index (χ3v) is 4.59. The van der Waals surface area contributed by atoms with Gasteiger partial charge in [-0.1, -0.05) is 39.7 Å². The number of hydrogen-bond donors (Lipinski definition) is 2. The molecule has 0 aliphatic rings. The van der Waals surface area contributed by atoms with E-state index in [1.165, 1.54) is 0 Å². The Labute approximate surface area is 163 Å². The van der Waals surface area contributed by atoms with Crippen LogP contribution in [0, 0.1) is 0 Å². The molecule has 7 heteroatoms. The molecule has 0 atom stereocenters. The molecule has 0 bridgehead atoms. The van der Waals surface area contributed by atoms with Crippen molar-refractivity contribution in [3.63, 3.8) is 0 Å². The lowest BCUT2D eigenvalue weighted by molar-refractivity contribution is -0.124. The molecule has 1 amide bonds. The van der Waals surface area contributed by atoms with Gasteiger partial charge < -0.3 is 15.0 Å². The Morgan fingerprint density at radius 3 is 2.69 bits per heavy atom. The molecule has 2 aromatic carbocycles. The summed E-state index contributed by atoms with van der Waals surface area (Å²) >= 11 is 9.21. The van der Waals surface area contributed by atoms with Gasteiger partial charge in [0.2, 0.25) is 0 Å². The molecule has 1 heterocycles. The SMILES string of the molecule is O=C(COC(=O)c1c[nH]c2ccc(Br)cc12)NCCc1ccc(Cl)cc1. The standard InChI is InChI=1S/C19H16BrClN2O3/c20-13-3-6-17-15(9-13)16(10-23-17)19(25)26-11-18(24)22-8-7-12-1-4-14(21)5-2-12/h1-6,9-10,23H,7-8,11H2,(H,22,24). The smallest absolute Gasteiger partial charge is 0.340 e. The van der Waals surface area contributed by atoms with Gasteiger partial charge in [0, 0.05) is 33.1 Å². The van der Waals surface area contributed by atoms with Crippen molar-refractivity contribution in [1.82, 2.24) is 10.3 Å². The van der Waals surface area contributed by atoms with Crippen LogP contribution in [0.15, 0.2) is 53.1 Å². The molecule has 0 fully saturated rings. The Bertz CT molecular complexity index is 938. The van der Waals surface area contributed by atoms with Crippen molar-refractivity contribution in [3.05, 3.63) is 69.3 Å². The zero-order valence-corrected chi connectivity index (χ0v) is 16.1. The van der Waals surface area contributed by atoms with Crippen LogP contribution in [0.1, 0.15) is 15.9 Å². The van der Waals surface area contributed by atoms with Crippen molar-refractivity contribution < 1.29 is 14.3 Å². The second kappa shape index (κ2) is 8.38. The Morgan fingerprint density at radius 1 is 1.15 bits per heavy atom. The van der Waals surface area contributed by atoms with Crippen LogP contribution in [0.4, 0.5) is 0 Å². The van der Waals surface area contributed by atoms with Gasteiger partial charge in [-0.2, -0.15) is 0 Å². The predicted octanol–water partition coefficient (Wildman–Crippen LogP) is 4.10. The summed E-state index contributed by atoms with van der Waals surface area (Å²) in [6, 6.07) is 13.0. The first-order valence-corrected chi connectivity index (χ1v) is 9.15. The van der Waals surface area contributed by atoms with E-state index < -0.39 is 5.97 Å². The van der Waals surface area contributed by atoms with E-state index in [1.807, 2.05) is 30.3 Å². The first kappa shape index (κ1) is 18.5. The van der Waals surface area contributed by atoms with Crippen LogP contribution in [0.2, 0.25) is 5.02 Å². The number of fused-ring (bicyclic) bond motifs is 1. The maximum absolute atomic E-state index is 12.2. The van der Waals surface area contributed by atoms with Crippen molar-refractivity contribution in [2.45, 2.75) is 6.42 Å². The largest absolute Gasteiger partial charge is 0.452 e. The molecule has 0 radical (unpaired) electrons. The highest BCUT2D eigenvalue weighted by molar-refractivity contribution is 9.10. The van der Waals surface area contributed by atoms with Crippen LogP contribution in [0.3, 0.4) is 0 Å². The van der Waals surface area contributed by atoms with Gasteiger partial charge >= 0.3 is 5.97 Å². The first-order chi connectivity index (χ1) is 12.5. The summed E-state index contributed by atoms with van der Waals surface area (Å²) in [6.07, 6.45) is 2.26. The summed E-state index contributed by atoms with van der Waals surface area (Å²) in [5, 5.41) is 4.15. The van der Waals surface area contributed by atoms with Gasteiger partial charge in [0.1, 0.15) is 0 Å². The van der Waals surface area contributed by atoms with Crippen LogP contribution in [-0.4, -0.2) is 30.0 Å². The van der Waals surface area contributed by atoms with Crippen molar-refractivity contribution in [3.8, 4) is 0 Å². The molecular formula is C19H16BrClN2O3. The summed E-state index contributed by atoms with van der Waals surface area (Å²) in [7, 11) is 0. The zero-order valence-electron chi connectivity index (χ0n) is 13.7. The minimum atomic E-state index is -0.540. The number of hydrogen-bond acceptors (Lipinski definition) is 3. The highest BCUT2D eigenvalue weighted by atomic mass is 79.9. The lowest BCUT2D eigenvalue weighted by Crippen LogP contribution is -2.30. The van der Waals surface area contributed by atoms with Crippen molar-refractivity contribution >= 4 is 50.3 Å². The van der Waals surface area contributed by atoms with Gasteiger partial charge in [-0.05, 0) is 42.3 Å². The Morgan fingerprint density at radius 2 is 1.92 bits per heavy atom. The van der Waals surface area contributed by atoms with E-state index in [4.69, 9.17) is 16.3 Å². The van der Waals surface area contributed by atoms with Crippen molar-refractivity contribution in [2.75, 3.05) is 13.2 Å². The fourth-order valence-electron chi connectivity index (χ4n) is 2.52. The Hall–Kier alpha value is -2.31. The molecule has 134 valence electrons. The molecule has 0 aliphatic carbocycles. The van der Waals surface area contributed by atoms with E-state index >= 15 is 0 Å². The number of benzene rings is 2. The fourth-order valence-corrected chi connectivity index (χ4v) is 3.01. The fraction of sp³-hybridized carbons (Fsp3) is 0.158. The average molecular weight is 436 g/mol. The molecule has 0 aliphatic heterocycles. The number of aromatic nitrogens is 1. The topological polar surface area (TPSA) is 71.2 Å². The number of carbonyl (C=O) groups excluding carboxylic acids is 2. The van der Waals surface area contributed by atoms with E-state index in [0.29, 0.717) is 23.6 Å². The number of amides is 1. The summed E-state index contributed by atoms with van der Waals surface area (Å²) < 4.78 is 5.97. The zero-order chi connectivity index (χ0) is 18.5. The van der Waals surface area contributed by atoms with Gasteiger partial charge in [0.15, 0.2) is 6.61 Å². The molecule has 3 rings (SSSR count). The molecule has 0 spiro atoms. The quantitative estimate of drug-likeness (QED) is 0.573. The second-order valence-electron chi connectivity index (χ2n) is 5.69. The minimum Gasteiger partial charge on any atom is -0.452 e. The van der Waals surface area contributed by atoms with Crippen LogP contribution in [-0.2, 0) is 16.0 Å². The molecule has 0 saturated heterocycles. The molecule has 5 nitrogen and oxygen atoms in total. The highest BCUT2D eigenvalue weighted by Crippen LogP contribution is 2.23. The number of H-pyrrole nitrogens is 1. The summed E-state index contributed by atoms with van der Waals surface area (Å²) in [5.74, 6) is -0.879. The van der Waals surface area contributed by atoms with E-state index in [0.717, 1.165) is 20.9 Å². The van der Waals surface area contributed by atoms with E-state index in [2.05, 4.69) is 26.2 Å². The van der Waals surface area contributed by atoms with E-state index in [-0.39, 0.29) is 12.5 Å². The molecule has 2 N–H and O–H groups in total. The van der Waals surface area contributed by atoms with Crippen LogP contribution in [0.25, 0.3) is 10.9 Å². The Balaban J connectivity index is 1.48. The van der Waals surface area contributed by atoms with Gasteiger partial charge in [-0.3, -0.25) is 4.79 Å². The first-order valence-electron chi connectivity index (χ1n) is 7.98. The van der Waals surface area contributed by atoms with Crippen molar-refractivity contribution in [2.24, 2.45) is 0 Å². The van der Waals surface area contributed by atoms with Gasteiger partial charge in [0.05, 0.1) is 5.56 Å². The number of halogens is 2. The highest BCUT2D eigenvalue weighted by Gasteiger charge is 2.15. The lowest BCUT2D eigenvalue weighted by Gasteiger charge is -2.07. The number of rotatable bonds is 6. The molecule has 26 heavy (non-hydrogen) atoms. The van der Waals surface area contributed by atoms with E-state index in [9.17, 15) is 9.59 Å². The van der Waals surface area contributed by atoms with Crippen LogP contribution >= 0.6 is 27.5 Å². The number of ether oxygens (including phenoxy) is 1. The molecule has 1 aromatic heterocycles. The van der Waals surface area contributed by atoms with Gasteiger partial charge in [-0.15, -0.1) is 0 Å². The molecule has 3 aromatic rings. The molecule has 0 saturated carbocycles. The number of aromatic amines is 1. The predicted molar refractivity (Wildman–Crippen MR) is 104 cm³/mol. The maximum atomic E-state index is 12.2. The van der Waals surface area contributed by atoms with Gasteiger partial charge in [-0.25, -0.2) is 4.79 Å². The van der Waals surface area contributed by atoms with E-state index in [1.54, 1.807) is 18.3 Å². The summed E-state index contributed by atoms with van der Waals surface area (Å²) in [5.41, 5.74) is 2.29. The lowest BCUT2D eigenvalue weighted by atomic mass is 10.1. The maximum Gasteiger partial charge on any atom is 0.340 e. The number of nitrogens with one attached hydrogen (secondary N) is 2. The molecule has 0 unspecified atom stereocenters. The monoisotopic (exact) mass is 434 g/mol. The normalized spacial score (nSPS) is 10.7. The third kappa shape index (κ3) is 4.65. The molecular weight excluding hydrogens is 420 g/mol. The summed E-state index contributed by atoms with van der Waals surface area (Å²) in [6.45, 7) is 0.137. The second-order valence-corrected chi connectivity index (χ2v) is 7.05. The van der Waals surface area contributed by atoms with Crippen molar-refractivity contribution in [1.29, 1.82) is 0 Å². The van der Waals surface area contributed by atoms with Crippen LogP contribution < -0.4 is 5.32 Å². The average Bonchev–Trinajstić information content (AvgIpc) is 3.04. The summed E-state index contributed by atoms with van der Waals surface area (Å²) in [4.78, 5) is 27.1. The van der Waals surface area contributed by atoms with Gasteiger partial charge in [0.25, 0.3) is 5.91 Å². The Kier molecular flexibility index (Phi) is 5.96. The number of esters is 1. The third-order valence-electron chi connectivity index (χ3n) is 3.85. The number of carbonyl (C=O) groups is 2. The minimum absolute atomic E-state index is 0.319. The van der Waals surface area contributed by atoms with Crippen LogP contribution in [0.5, 0.6) is 0 Å².